The summed E-state index contributed by atoms with van der Waals surface area (Å²) in [5.74, 6) is 0.267. The van der Waals surface area contributed by atoms with Crippen LogP contribution in [0, 0.1) is 13.8 Å². The minimum absolute atomic E-state index is 0.0362. The molecule has 0 fully saturated rings. The van der Waals surface area contributed by atoms with Gasteiger partial charge in [-0.15, -0.1) is 0 Å². The highest BCUT2D eigenvalue weighted by molar-refractivity contribution is 5.88. The monoisotopic (exact) mass is 458 g/mol. The fraction of sp³-hybridized carbons (Fsp3) is 0.310. The molecule has 3 aromatic carbocycles. The van der Waals surface area contributed by atoms with Gasteiger partial charge in [-0.05, 0) is 50.5 Å². The van der Waals surface area contributed by atoms with Crippen LogP contribution in [0.4, 0.5) is 0 Å². The molecule has 0 aliphatic heterocycles. The van der Waals surface area contributed by atoms with E-state index < -0.39 is 6.04 Å². The molecule has 1 N–H and O–H groups in total. The molecular formula is C29H34N2O3. The van der Waals surface area contributed by atoms with Crippen molar-refractivity contribution in [3.8, 4) is 5.75 Å². The van der Waals surface area contributed by atoms with E-state index in [9.17, 15) is 9.59 Å². The molecule has 0 spiro atoms. The first-order valence-electron chi connectivity index (χ1n) is 11.7. The van der Waals surface area contributed by atoms with Crippen LogP contribution in [0.2, 0.25) is 0 Å². The van der Waals surface area contributed by atoms with E-state index in [1.165, 1.54) is 0 Å². The Morgan fingerprint density at radius 1 is 0.882 bits per heavy atom. The lowest BCUT2D eigenvalue weighted by molar-refractivity contribution is -0.143. The van der Waals surface area contributed by atoms with Gasteiger partial charge in [-0.1, -0.05) is 78.4 Å². The fourth-order valence-corrected chi connectivity index (χ4v) is 3.90. The Hall–Kier alpha value is -3.60. The van der Waals surface area contributed by atoms with Crippen LogP contribution in [-0.4, -0.2) is 35.4 Å². The molecule has 0 bridgehead atoms. The van der Waals surface area contributed by atoms with Crippen LogP contribution < -0.4 is 10.1 Å². The first kappa shape index (κ1) is 25.0. The summed E-state index contributed by atoms with van der Waals surface area (Å²) in [7, 11) is 0. The highest BCUT2D eigenvalue weighted by atomic mass is 16.5. The normalized spacial score (nSPS) is 11.7. The van der Waals surface area contributed by atoms with Crippen molar-refractivity contribution in [1.29, 1.82) is 0 Å². The summed E-state index contributed by atoms with van der Waals surface area (Å²) in [5.41, 5.74) is 4.06. The molecule has 34 heavy (non-hydrogen) atoms. The van der Waals surface area contributed by atoms with Crippen LogP contribution in [0.25, 0.3) is 0 Å². The molecule has 2 amide bonds. The number of rotatable bonds is 10. The maximum Gasteiger partial charge on any atom is 0.261 e. The lowest BCUT2D eigenvalue weighted by Crippen LogP contribution is -2.52. The summed E-state index contributed by atoms with van der Waals surface area (Å²) in [5, 5.41) is 3.00. The largest absolute Gasteiger partial charge is 0.483 e. The van der Waals surface area contributed by atoms with Crippen molar-refractivity contribution in [2.45, 2.75) is 52.7 Å². The summed E-state index contributed by atoms with van der Waals surface area (Å²) in [6, 6.07) is 24.7. The van der Waals surface area contributed by atoms with E-state index in [1.54, 1.807) is 4.90 Å². The van der Waals surface area contributed by atoms with Crippen LogP contribution >= 0.6 is 0 Å². The molecule has 3 aromatic rings. The van der Waals surface area contributed by atoms with Crippen molar-refractivity contribution in [3.63, 3.8) is 0 Å². The third-order valence-corrected chi connectivity index (χ3v) is 5.58. The molecule has 0 saturated heterocycles. The third kappa shape index (κ3) is 7.20. The van der Waals surface area contributed by atoms with Gasteiger partial charge < -0.3 is 15.0 Å². The number of carbonyl (C=O) groups is 2. The Balaban J connectivity index is 1.89. The minimum atomic E-state index is -0.666. The average Bonchev–Trinajstić information content (AvgIpc) is 2.81. The zero-order chi connectivity index (χ0) is 24.5. The molecule has 0 radical (unpaired) electrons. The molecule has 0 aromatic heterocycles. The Kier molecular flexibility index (Phi) is 8.86. The number of aryl methyl sites for hydroxylation is 2. The van der Waals surface area contributed by atoms with Gasteiger partial charge in [0.1, 0.15) is 11.8 Å². The fourth-order valence-electron chi connectivity index (χ4n) is 3.90. The third-order valence-electron chi connectivity index (χ3n) is 5.58. The number of hydrogen-bond acceptors (Lipinski definition) is 3. The molecular weight excluding hydrogens is 424 g/mol. The lowest BCUT2D eigenvalue weighted by Gasteiger charge is -2.32. The smallest absolute Gasteiger partial charge is 0.261 e. The number of ether oxygens (including phenoxy) is 1. The van der Waals surface area contributed by atoms with Crippen molar-refractivity contribution < 1.29 is 14.3 Å². The number of amides is 2. The van der Waals surface area contributed by atoms with E-state index in [2.05, 4.69) is 5.32 Å². The second kappa shape index (κ2) is 12.0. The molecule has 0 heterocycles. The Labute approximate surface area is 202 Å². The predicted molar refractivity (Wildman–Crippen MR) is 136 cm³/mol. The molecule has 5 nitrogen and oxygen atoms in total. The molecule has 3 rings (SSSR count). The molecule has 0 aliphatic carbocycles. The average molecular weight is 459 g/mol. The summed E-state index contributed by atoms with van der Waals surface area (Å²) >= 11 is 0. The van der Waals surface area contributed by atoms with Gasteiger partial charge in [-0.3, -0.25) is 9.59 Å². The standard InChI is InChI=1S/C29H34N2O3/c1-21(2)30-29(33)26(18-24-11-7-5-8-12-24)31(19-25-13-9-6-10-14-25)28(32)20-34-27-16-15-22(3)17-23(27)4/h5-17,21,26H,18-20H2,1-4H3,(H,30,33)/t26-/m0/s1. The molecule has 1 atom stereocenters. The highest BCUT2D eigenvalue weighted by Gasteiger charge is 2.31. The Morgan fingerprint density at radius 3 is 2.09 bits per heavy atom. The number of benzene rings is 3. The second-order valence-corrected chi connectivity index (χ2v) is 8.93. The zero-order valence-electron chi connectivity index (χ0n) is 20.5. The van der Waals surface area contributed by atoms with E-state index in [0.29, 0.717) is 18.7 Å². The first-order valence-corrected chi connectivity index (χ1v) is 11.7. The van der Waals surface area contributed by atoms with Gasteiger partial charge >= 0.3 is 0 Å². The van der Waals surface area contributed by atoms with Crippen LogP contribution in [0.5, 0.6) is 5.75 Å². The molecule has 178 valence electrons. The SMILES string of the molecule is Cc1ccc(OCC(=O)N(Cc2ccccc2)[C@@H](Cc2ccccc2)C(=O)NC(C)C)c(C)c1. The van der Waals surface area contributed by atoms with Gasteiger partial charge in [0.25, 0.3) is 5.91 Å². The zero-order valence-corrected chi connectivity index (χ0v) is 20.5. The van der Waals surface area contributed by atoms with Crippen molar-refractivity contribution in [2.24, 2.45) is 0 Å². The Morgan fingerprint density at radius 2 is 1.50 bits per heavy atom. The summed E-state index contributed by atoms with van der Waals surface area (Å²) in [6.07, 6.45) is 0.418. The van der Waals surface area contributed by atoms with Gasteiger partial charge in [0, 0.05) is 19.0 Å². The van der Waals surface area contributed by atoms with Gasteiger partial charge in [0.2, 0.25) is 5.91 Å². The van der Waals surface area contributed by atoms with Crippen LogP contribution in [0.15, 0.2) is 78.9 Å². The summed E-state index contributed by atoms with van der Waals surface area (Å²) in [4.78, 5) is 28.5. The van der Waals surface area contributed by atoms with E-state index in [4.69, 9.17) is 4.74 Å². The maximum atomic E-state index is 13.5. The van der Waals surface area contributed by atoms with Gasteiger partial charge in [0.15, 0.2) is 6.61 Å². The molecule has 0 unspecified atom stereocenters. The minimum Gasteiger partial charge on any atom is -0.483 e. The van der Waals surface area contributed by atoms with Crippen LogP contribution in [-0.2, 0) is 22.6 Å². The topological polar surface area (TPSA) is 58.6 Å². The first-order chi connectivity index (χ1) is 16.3. The predicted octanol–water partition coefficient (Wildman–Crippen LogP) is 4.85. The van der Waals surface area contributed by atoms with Crippen molar-refractivity contribution >= 4 is 11.8 Å². The number of nitrogens with zero attached hydrogens (tertiary/aromatic N) is 1. The van der Waals surface area contributed by atoms with Crippen LogP contribution in [0.3, 0.4) is 0 Å². The summed E-state index contributed by atoms with van der Waals surface area (Å²) in [6.45, 7) is 8.00. The van der Waals surface area contributed by atoms with Crippen molar-refractivity contribution in [1.82, 2.24) is 10.2 Å². The Bertz CT molecular complexity index is 1080. The quantitative estimate of drug-likeness (QED) is 0.473. The summed E-state index contributed by atoms with van der Waals surface area (Å²) < 4.78 is 5.91. The number of nitrogens with one attached hydrogen (secondary N) is 1. The molecule has 0 aliphatic rings. The number of hydrogen-bond donors (Lipinski definition) is 1. The van der Waals surface area contributed by atoms with Gasteiger partial charge in [-0.25, -0.2) is 0 Å². The van der Waals surface area contributed by atoms with E-state index >= 15 is 0 Å². The maximum absolute atomic E-state index is 13.5. The van der Waals surface area contributed by atoms with Crippen molar-refractivity contribution in [2.75, 3.05) is 6.61 Å². The molecule has 0 saturated carbocycles. The lowest BCUT2D eigenvalue weighted by atomic mass is 10.0. The van der Waals surface area contributed by atoms with Crippen LogP contribution in [0.1, 0.15) is 36.1 Å². The van der Waals surface area contributed by atoms with Gasteiger partial charge in [0.05, 0.1) is 0 Å². The van der Waals surface area contributed by atoms with E-state index in [0.717, 1.165) is 22.3 Å². The number of carbonyl (C=O) groups excluding carboxylic acids is 2. The van der Waals surface area contributed by atoms with E-state index in [-0.39, 0.29) is 24.5 Å². The highest BCUT2D eigenvalue weighted by Crippen LogP contribution is 2.20. The molecule has 5 heteroatoms. The van der Waals surface area contributed by atoms with E-state index in [1.807, 2.05) is 107 Å². The van der Waals surface area contributed by atoms with Crippen molar-refractivity contribution in [3.05, 3.63) is 101 Å². The second-order valence-electron chi connectivity index (χ2n) is 8.93. The van der Waals surface area contributed by atoms with Gasteiger partial charge in [-0.2, -0.15) is 0 Å².